The van der Waals surface area contributed by atoms with E-state index in [0.29, 0.717) is 31.6 Å². The summed E-state index contributed by atoms with van der Waals surface area (Å²) in [6.45, 7) is 4.72. The number of aromatic amines is 1. The Balaban J connectivity index is 1.34. The van der Waals surface area contributed by atoms with Gasteiger partial charge in [-0.15, -0.1) is 0 Å². The van der Waals surface area contributed by atoms with Crippen LogP contribution in [0.3, 0.4) is 0 Å². The van der Waals surface area contributed by atoms with Crippen LogP contribution in [-0.2, 0) is 14.8 Å². The predicted molar refractivity (Wildman–Crippen MR) is 136 cm³/mol. The van der Waals surface area contributed by atoms with E-state index < -0.39 is 16.1 Å². The van der Waals surface area contributed by atoms with Crippen molar-refractivity contribution in [2.75, 3.05) is 31.1 Å². The lowest BCUT2D eigenvalue weighted by atomic mass is 10.1. The summed E-state index contributed by atoms with van der Waals surface area (Å²) in [6, 6.07) is 14.1. The highest BCUT2D eigenvalue weighted by Gasteiger charge is 2.33. The Bertz CT molecular complexity index is 1330. The van der Waals surface area contributed by atoms with Crippen molar-refractivity contribution < 1.29 is 13.2 Å². The van der Waals surface area contributed by atoms with Crippen molar-refractivity contribution in [2.45, 2.75) is 43.5 Å². The van der Waals surface area contributed by atoms with E-state index in [1.54, 1.807) is 24.3 Å². The first-order valence-corrected chi connectivity index (χ1v) is 13.6. The predicted octanol–water partition coefficient (Wildman–Crippen LogP) is 2.90. The van der Waals surface area contributed by atoms with Crippen molar-refractivity contribution >= 4 is 38.7 Å². The molecule has 0 bridgehead atoms. The van der Waals surface area contributed by atoms with Gasteiger partial charge in [0.05, 0.1) is 15.9 Å². The molecule has 1 unspecified atom stereocenters. The molecule has 10 heteroatoms. The standard InChI is InChI=1S/C25H30N6O3S/c1-2-3-10-21(26-23-18-9-4-7-13-22(18)35(33,34)29-23)24(32)30-14-8-15-31(17-16-30)25-27-19-11-5-6-12-20(19)28-25/h4-7,9,11-13,21H,2-3,8,10,14-17H2,1H3,(H,26,29)(H,27,28). The minimum Gasteiger partial charge on any atom is -0.341 e. The maximum Gasteiger partial charge on any atom is 0.263 e. The Hall–Kier alpha value is -3.40. The topological polar surface area (TPSA) is 111 Å². The van der Waals surface area contributed by atoms with Gasteiger partial charge in [0, 0.05) is 31.7 Å². The van der Waals surface area contributed by atoms with Crippen molar-refractivity contribution in [2.24, 2.45) is 4.99 Å². The van der Waals surface area contributed by atoms with Crippen LogP contribution in [0.1, 0.15) is 38.2 Å². The smallest absolute Gasteiger partial charge is 0.263 e. The van der Waals surface area contributed by atoms with Crippen LogP contribution < -0.4 is 9.62 Å². The van der Waals surface area contributed by atoms with Gasteiger partial charge in [0.2, 0.25) is 11.9 Å². The number of rotatable bonds is 6. The molecule has 5 rings (SSSR count). The number of unbranched alkanes of at least 4 members (excludes halogenated alkanes) is 1. The number of carbonyl (C=O) groups excluding carboxylic acids is 1. The normalized spacial score (nSPS) is 19.4. The number of nitrogens with one attached hydrogen (secondary N) is 2. The summed E-state index contributed by atoms with van der Waals surface area (Å²) in [5, 5.41) is 0. The van der Waals surface area contributed by atoms with E-state index in [0.717, 1.165) is 42.8 Å². The maximum absolute atomic E-state index is 13.6. The number of amides is 1. The fraction of sp³-hybridized carbons (Fsp3) is 0.400. The van der Waals surface area contributed by atoms with Crippen LogP contribution in [0.5, 0.6) is 0 Å². The minimum absolute atomic E-state index is 0.0546. The Morgan fingerprint density at radius 1 is 1.09 bits per heavy atom. The van der Waals surface area contributed by atoms with E-state index in [4.69, 9.17) is 4.98 Å². The highest BCUT2D eigenvalue weighted by molar-refractivity contribution is 7.90. The molecule has 184 valence electrons. The summed E-state index contributed by atoms with van der Waals surface area (Å²) in [6.07, 6.45) is 3.15. The zero-order valence-corrected chi connectivity index (χ0v) is 20.6. The van der Waals surface area contributed by atoms with Crippen LogP contribution in [-0.4, -0.2) is 67.2 Å². The third-order valence-corrected chi connectivity index (χ3v) is 7.94. The van der Waals surface area contributed by atoms with Crippen LogP contribution in [0.4, 0.5) is 5.95 Å². The highest BCUT2D eigenvalue weighted by Crippen LogP contribution is 2.24. The molecule has 0 saturated carbocycles. The molecule has 2 N–H and O–H groups in total. The highest BCUT2D eigenvalue weighted by atomic mass is 32.2. The second kappa shape index (κ2) is 9.69. The molecular formula is C25H30N6O3S. The molecule has 0 aliphatic carbocycles. The molecular weight excluding hydrogens is 464 g/mol. The van der Waals surface area contributed by atoms with Crippen LogP contribution in [0.15, 0.2) is 58.4 Å². The molecule has 2 aliphatic heterocycles. The summed E-state index contributed by atoms with van der Waals surface area (Å²) in [7, 11) is -3.65. The van der Waals surface area contributed by atoms with E-state index in [9.17, 15) is 13.2 Å². The quantitative estimate of drug-likeness (QED) is 0.547. The number of sulfonamides is 1. The number of imidazole rings is 1. The maximum atomic E-state index is 13.6. The zero-order chi connectivity index (χ0) is 24.4. The summed E-state index contributed by atoms with van der Waals surface area (Å²) in [5.74, 6) is 1.02. The number of aromatic nitrogens is 2. The van der Waals surface area contributed by atoms with E-state index in [-0.39, 0.29) is 16.6 Å². The average molecular weight is 495 g/mol. The summed E-state index contributed by atoms with van der Waals surface area (Å²) in [5.41, 5.74) is 2.44. The number of nitrogens with zero attached hydrogens (tertiary/aromatic N) is 4. The zero-order valence-electron chi connectivity index (χ0n) is 19.8. The van der Waals surface area contributed by atoms with Gasteiger partial charge in [-0.2, -0.15) is 0 Å². The summed E-state index contributed by atoms with van der Waals surface area (Å²) in [4.78, 5) is 30.6. The van der Waals surface area contributed by atoms with Crippen LogP contribution >= 0.6 is 0 Å². The van der Waals surface area contributed by atoms with Gasteiger partial charge in [0.25, 0.3) is 10.0 Å². The van der Waals surface area contributed by atoms with Crippen molar-refractivity contribution in [1.29, 1.82) is 0 Å². The second-order valence-corrected chi connectivity index (χ2v) is 10.6. The molecule has 1 saturated heterocycles. The lowest BCUT2D eigenvalue weighted by molar-refractivity contribution is -0.132. The number of anilines is 1. The number of amidine groups is 1. The number of fused-ring (bicyclic) bond motifs is 2. The van der Waals surface area contributed by atoms with Gasteiger partial charge in [0.15, 0.2) is 0 Å². The molecule has 0 radical (unpaired) electrons. The molecule has 0 spiro atoms. The molecule has 1 amide bonds. The van der Waals surface area contributed by atoms with E-state index in [1.165, 1.54) is 0 Å². The SMILES string of the molecule is CCCCC(N=C1NS(=O)(=O)c2ccccc21)C(=O)N1CCCN(c2nc3ccccc3[nH]2)CC1. The van der Waals surface area contributed by atoms with E-state index >= 15 is 0 Å². The Morgan fingerprint density at radius 2 is 1.89 bits per heavy atom. The first-order valence-electron chi connectivity index (χ1n) is 12.1. The van der Waals surface area contributed by atoms with Gasteiger partial charge in [-0.3, -0.25) is 14.5 Å². The lowest BCUT2D eigenvalue weighted by Gasteiger charge is -2.25. The Kier molecular flexibility index (Phi) is 6.46. The number of hydrogen-bond donors (Lipinski definition) is 2. The third kappa shape index (κ3) is 4.75. The molecule has 35 heavy (non-hydrogen) atoms. The summed E-state index contributed by atoms with van der Waals surface area (Å²) < 4.78 is 27.6. The van der Waals surface area contributed by atoms with E-state index in [2.05, 4.69) is 26.5 Å². The summed E-state index contributed by atoms with van der Waals surface area (Å²) >= 11 is 0. The number of aliphatic imine (C=N–C) groups is 1. The second-order valence-electron chi connectivity index (χ2n) is 8.98. The molecule has 1 atom stereocenters. The average Bonchev–Trinajstić information content (AvgIpc) is 3.29. The molecule has 3 heterocycles. The molecule has 2 aromatic carbocycles. The molecule has 1 aromatic heterocycles. The number of H-pyrrole nitrogens is 1. The molecule has 2 aliphatic rings. The largest absolute Gasteiger partial charge is 0.341 e. The Labute approximate surface area is 205 Å². The van der Waals surface area contributed by atoms with Gasteiger partial charge < -0.3 is 14.8 Å². The first-order chi connectivity index (χ1) is 17.0. The van der Waals surface area contributed by atoms with Gasteiger partial charge in [-0.05, 0) is 37.1 Å². The van der Waals surface area contributed by atoms with E-state index in [1.807, 2.05) is 29.2 Å². The van der Waals surface area contributed by atoms with Crippen molar-refractivity contribution in [3.8, 4) is 0 Å². The minimum atomic E-state index is -3.65. The molecule has 1 fully saturated rings. The number of carbonyl (C=O) groups is 1. The van der Waals surface area contributed by atoms with Gasteiger partial charge in [-0.25, -0.2) is 13.4 Å². The van der Waals surface area contributed by atoms with Gasteiger partial charge in [-0.1, -0.05) is 44.0 Å². The van der Waals surface area contributed by atoms with Crippen LogP contribution in [0.2, 0.25) is 0 Å². The van der Waals surface area contributed by atoms with Crippen molar-refractivity contribution in [3.05, 3.63) is 54.1 Å². The lowest BCUT2D eigenvalue weighted by Crippen LogP contribution is -2.41. The monoisotopic (exact) mass is 494 g/mol. The van der Waals surface area contributed by atoms with Gasteiger partial charge in [0.1, 0.15) is 11.9 Å². The number of benzene rings is 2. The van der Waals surface area contributed by atoms with Gasteiger partial charge >= 0.3 is 0 Å². The molecule has 3 aromatic rings. The van der Waals surface area contributed by atoms with Crippen molar-refractivity contribution in [1.82, 2.24) is 19.6 Å². The third-order valence-electron chi connectivity index (χ3n) is 6.55. The number of para-hydroxylation sites is 2. The van der Waals surface area contributed by atoms with Crippen LogP contribution in [0, 0.1) is 0 Å². The first kappa shape index (κ1) is 23.3. The molecule has 9 nitrogen and oxygen atoms in total. The van der Waals surface area contributed by atoms with Crippen molar-refractivity contribution in [3.63, 3.8) is 0 Å². The fourth-order valence-corrected chi connectivity index (χ4v) is 5.91. The fourth-order valence-electron chi connectivity index (χ4n) is 4.68. The number of hydrogen-bond acceptors (Lipinski definition) is 6. The Morgan fingerprint density at radius 3 is 2.71 bits per heavy atom. The van der Waals surface area contributed by atoms with Crippen LogP contribution in [0.25, 0.3) is 11.0 Å².